The number of nitrogens with one attached hydrogen (secondary N) is 1. The standard InChI is InChI=1S/C22H24N2O5S/c1-28-18-6-4-7-19(14-18)30(26,27)23-15-16-9-11-24(12-10-16)22(25)21-13-17-5-2-3-8-20(17)29-21/h2-8,13-14,16,23H,9-12,15H2,1H3. The number of likely N-dealkylation sites (tertiary alicyclic amines) is 1. The summed E-state index contributed by atoms with van der Waals surface area (Å²) < 4.78 is 38.5. The molecule has 0 saturated carbocycles. The van der Waals surface area contributed by atoms with Crippen molar-refractivity contribution in [3.05, 3.63) is 60.4 Å². The van der Waals surface area contributed by atoms with Gasteiger partial charge in [-0.1, -0.05) is 24.3 Å². The molecule has 7 nitrogen and oxygen atoms in total. The maximum atomic E-state index is 12.7. The van der Waals surface area contributed by atoms with Gasteiger partial charge in [0.25, 0.3) is 5.91 Å². The van der Waals surface area contributed by atoms with E-state index in [4.69, 9.17) is 9.15 Å². The third kappa shape index (κ3) is 4.34. The Hall–Kier alpha value is -2.84. The summed E-state index contributed by atoms with van der Waals surface area (Å²) in [5.74, 6) is 0.885. The Labute approximate surface area is 175 Å². The highest BCUT2D eigenvalue weighted by Crippen LogP contribution is 2.24. The van der Waals surface area contributed by atoms with Gasteiger partial charge in [-0.15, -0.1) is 0 Å². The van der Waals surface area contributed by atoms with Gasteiger partial charge in [-0.3, -0.25) is 4.79 Å². The summed E-state index contributed by atoms with van der Waals surface area (Å²) in [5, 5.41) is 0.905. The second-order valence-electron chi connectivity index (χ2n) is 7.41. The molecule has 1 aliphatic heterocycles. The van der Waals surface area contributed by atoms with Crippen LogP contribution in [0.15, 0.2) is 63.9 Å². The van der Waals surface area contributed by atoms with Crippen LogP contribution < -0.4 is 9.46 Å². The number of hydrogen-bond donors (Lipinski definition) is 1. The molecule has 8 heteroatoms. The minimum atomic E-state index is -3.61. The van der Waals surface area contributed by atoms with Gasteiger partial charge in [0, 0.05) is 31.1 Å². The number of hydrogen-bond acceptors (Lipinski definition) is 5. The summed E-state index contributed by atoms with van der Waals surface area (Å²) >= 11 is 0. The second-order valence-corrected chi connectivity index (χ2v) is 9.18. The van der Waals surface area contributed by atoms with Gasteiger partial charge in [0.2, 0.25) is 10.0 Å². The predicted molar refractivity (Wildman–Crippen MR) is 113 cm³/mol. The van der Waals surface area contributed by atoms with Crippen molar-refractivity contribution in [3.63, 3.8) is 0 Å². The van der Waals surface area contributed by atoms with Crippen molar-refractivity contribution in [2.45, 2.75) is 17.7 Å². The maximum absolute atomic E-state index is 12.7. The zero-order valence-electron chi connectivity index (χ0n) is 16.7. The lowest BCUT2D eigenvalue weighted by Crippen LogP contribution is -2.41. The molecule has 0 spiro atoms. The van der Waals surface area contributed by atoms with Gasteiger partial charge in [-0.25, -0.2) is 13.1 Å². The molecule has 0 atom stereocenters. The average Bonchev–Trinajstić information content (AvgIpc) is 3.22. The molecule has 2 heterocycles. The first-order chi connectivity index (χ1) is 14.5. The fraction of sp³-hybridized carbons (Fsp3) is 0.318. The SMILES string of the molecule is COc1cccc(S(=O)(=O)NCC2CCN(C(=O)c3cc4ccccc4o3)CC2)c1. The highest BCUT2D eigenvalue weighted by Gasteiger charge is 2.27. The molecule has 2 aromatic carbocycles. The molecule has 30 heavy (non-hydrogen) atoms. The first-order valence-corrected chi connectivity index (χ1v) is 11.4. The van der Waals surface area contributed by atoms with E-state index in [1.54, 1.807) is 29.2 Å². The van der Waals surface area contributed by atoms with E-state index in [1.165, 1.54) is 13.2 Å². The molecule has 3 aromatic rings. The van der Waals surface area contributed by atoms with Crippen LogP contribution in [0.4, 0.5) is 0 Å². The Morgan fingerprint density at radius 2 is 1.90 bits per heavy atom. The van der Waals surface area contributed by atoms with E-state index < -0.39 is 10.0 Å². The molecule has 1 aliphatic rings. The smallest absolute Gasteiger partial charge is 0.289 e. The normalized spacial score (nSPS) is 15.4. The Balaban J connectivity index is 1.32. The van der Waals surface area contributed by atoms with Gasteiger partial charge in [0.15, 0.2) is 5.76 Å². The van der Waals surface area contributed by atoms with E-state index in [9.17, 15) is 13.2 Å². The minimum Gasteiger partial charge on any atom is -0.497 e. The number of ether oxygens (including phenoxy) is 1. The van der Waals surface area contributed by atoms with E-state index in [0.29, 0.717) is 36.7 Å². The van der Waals surface area contributed by atoms with Crippen molar-refractivity contribution in [1.29, 1.82) is 0 Å². The number of amides is 1. The summed E-state index contributed by atoms with van der Waals surface area (Å²) in [6, 6.07) is 15.7. The molecule has 0 bridgehead atoms. The van der Waals surface area contributed by atoms with E-state index in [1.807, 2.05) is 24.3 Å². The third-order valence-corrected chi connectivity index (χ3v) is 6.87. The van der Waals surface area contributed by atoms with Crippen molar-refractivity contribution in [2.24, 2.45) is 5.92 Å². The summed E-state index contributed by atoms with van der Waals surface area (Å²) in [6.07, 6.45) is 1.46. The molecule has 0 unspecified atom stereocenters. The quantitative estimate of drug-likeness (QED) is 0.651. The lowest BCUT2D eigenvalue weighted by Gasteiger charge is -2.31. The predicted octanol–water partition coefficient (Wildman–Crippen LogP) is 3.27. The average molecular weight is 429 g/mol. The van der Waals surface area contributed by atoms with Gasteiger partial charge < -0.3 is 14.1 Å². The van der Waals surface area contributed by atoms with Crippen LogP contribution in [0.1, 0.15) is 23.4 Å². The minimum absolute atomic E-state index is 0.124. The Morgan fingerprint density at radius 1 is 1.13 bits per heavy atom. The van der Waals surface area contributed by atoms with Crippen LogP contribution in [0.25, 0.3) is 11.0 Å². The summed E-state index contributed by atoms with van der Waals surface area (Å²) in [5.41, 5.74) is 0.697. The number of fused-ring (bicyclic) bond motifs is 1. The van der Waals surface area contributed by atoms with Crippen molar-refractivity contribution in [1.82, 2.24) is 9.62 Å². The van der Waals surface area contributed by atoms with Gasteiger partial charge in [0.1, 0.15) is 11.3 Å². The number of piperidine rings is 1. The van der Waals surface area contributed by atoms with Crippen molar-refractivity contribution >= 4 is 26.9 Å². The largest absolute Gasteiger partial charge is 0.497 e. The summed E-state index contributed by atoms with van der Waals surface area (Å²) in [4.78, 5) is 14.7. The topological polar surface area (TPSA) is 88.9 Å². The molecule has 1 aromatic heterocycles. The van der Waals surface area contributed by atoms with Gasteiger partial charge in [0.05, 0.1) is 12.0 Å². The lowest BCUT2D eigenvalue weighted by molar-refractivity contribution is 0.0662. The number of para-hydroxylation sites is 1. The summed E-state index contributed by atoms with van der Waals surface area (Å²) in [7, 11) is -2.11. The van der Waals surface area contributed by atoms with E-state index >= 15 is 0 Å². The van der Waals surface area contributed by atoms with E-state index in [0.717, 1.165) is 18.2 Å². The van der Waals surface area contributed by atoms with Gasteiger partial charge in [-0.05, 0) is 43.0 Å². The van der Waals surface area contributed by atoms with Crippen molar-refractivity contribution in [2.75, 3.05) is 26.7 Å². The zero-order chi connectivity index (χ0) is 21.1. The van der Waals surface area contributed by atoms with Crippen LogP contribution in [0.5, 0.6) is 5.75 Å². The second kappa shape index (κ2) is 8.49. The van der Waals surface area contributed by atoms with E-state index in [-0.39, 0.29) is 16.7 Å². The van der Waals surface area contributed by atoms with Crippen LogP contribution in [-0.4, -0.2) is 46.0 Å². The molecule has 0 aliphatic carbocycles. The highest BCUT2D eigenvalue weighted by molar-refractivity contribution is 7.89. The zero-order valence-corrected chi connectivity index (χ0v) is 17.5. The molecular formula is C22H24N2O5S. The van der Waals surface area contributed by atoms with Gasteiger partial charge in [-0.2, -0.15) is 0 Å². The number of sulfonamides is 1. The number of rotatable bonds is 6. The van der Waals surface area contributed by atoms with Crippen molar-refractivity contribution < 1.29 is 22.4 Å². The molecule has 0 radical (unpaired) electrons. The van der Waals surface area contributed by atoms with Crippen LogP contribution in [0.3, 0.4) is 0 Å². The lowest BCUT2D eigenvalue weighted by atomic mass is 9.97. The Morgan fingerprint density at radius 3 is 2.63 bits per heavy atom. The molecular weight excluding hydrogens is 404 g/mol. The third-order valence-electron chi connectivity index (χ3n) is 5.45. The first kappa shape index (κ1) is 20.4. The molecule has 1 amide bonds. The Bertz CT molecular complexity index is 1110. The Kier molecular flexibility index (Phi) is 5.78. The number of carbonyl (C=O) groups excluding carboxylic acids is 1. The monoisotopic (exact) mass is 428 g/mol. The fourth-order valence-electron chi connectivity index (χ4n) is 3.66. The molecule has 1 saturated heterocycles. The molecule has 158 valence electrons. The van der Waals surface area contributed by atoms with Crippen LogP contribution in [0, 0.1) is 5.92 Å². The first-order valence-electron chi connectivity index (χ1n) is 9.88. The van der Waals surface area contributed by atoms with Crippen molar-refractivity contribution in [3.8, 4) is 5.75 Å². The van der Waals surface area contributed by atoms with Crippen LogP contribution in [0.2, 0.25) is 0 Å². The van der Waals surface area contributed by atoms with Gasteiger partial charge >= 0.3 is 0 Å². The molecule has 1 fully saturated rings. The molecule has 1 N–H and O–H groups in total. The number of nitrogens with zero attached hydrogens (tertiary/aromatic N) is 1. The summed E-state index contributed by atoms with van der Waals surface area (Å²) in [6.45, 7) is 1.48. The number of furan rings is 1. The molecule has 4 rings (SSSR count). The van der Waals surface area contributed by atoms with E-state index in [2.05, 4.69) is 4.72 Å². The van der Waals surface area contributed by atoms with Crippen LogP contribution >= 0.6 is 0 Å². The number of carbonyl (C=O) groups is 1. The van der Waals surface area contributed by atoms with Crippen LogP contribution in [-0.2, 0) is 10.0 Å². The fourth-order valence-corrected chi connectivity index (χ4v) is 4.81. The highest BCUT2D eigenvalue weighted by atomic mass is 32.2. The number of methoxy groups -OCH3 is 1. The maximum Gasteiger partial charge on any atom is 0.289 e. The number of benzene rings is 2.